The number of phenols is 2. The molecule has 37 heavy (non-hydrogen) atoms. The van der Waals surface area contributed by atoms with Gasteiger partial charge in [-0.3, -0.25) is 24.6 Å². The van der Waals surface area contributed by atoms with E-state index in [4.69, 9.17) is 4.74 Å². The van der Waals surface area contributed by atoms with Gasteiger partial charge in [0, 0.05) is 17.3 Å². The highest BCUT2D eigenvalue weighted by molar-refractivity contribution is 6.15. The number of carbonyl (C=O) groups excluding carboxylic acids is 3. The largest absolute Gasteiger partial charge is 0.504 e. The molecule has 3 amide bonds. The summed E-state index contributed by atoms with van der Waals surface area (Å²) < 4.78 is 5.20. The van der Waals surface area contributed by atoms with Crippen LogP contribution in [-0.4, -0.2) is 46.0 Å². The Morgan fingerprint density at radius 3 is 2.38 bits per heavy atom. The van der Waals surface area contributed by atoms with Crippen molar-refractivity contribution in [2.45, 2.75) is 24.5 Å². The average Bonchev–Trinajstić information content (AvgIpc) is 3.47. The zero-order chi connectivity index (χ0) is 25.9. The monoisotopic (exact) mass is 499 g/mol. The maximum absolute atomic E-state index is 13.9. The number of nitrogens with one attached hydrogen (secondary N) is 2. The number of hydrogen-bond donors (Lipinski definition) is 4. The lowest BCUT2D eigenvalue weighted by Crippen LogP contribution is -2.53. The van der Waals surface area contributed by atoms with Gasteiger partial charge in [-0.15, -0.1) is 0 Å². The Kier molecular flexibility index (Phi) is 5.20. The van der Waals surface area contributed by atoms with E-state index in [9.17, 15) is 24.6 Å². The van der Waals surface area contributed by atoms with Crippen LogP contribution in [0.4, 0.5) is 5.69 Å². The molecule has 0 aromatic heterocycles. The van der Waals surface area contributed by atoms with Crippen LogP contribution >= 0.6 is 0 Å². The van der Waals surface area contributed by atoms with Gasteiger partial charge >= 0.3 is 0 Å². The Morgan fingerprint density at radius 1 is 0.919 bits per heavy atom. The summed E-state index contributed by atoms with van der Waals surface area (Å²) >= 11 is 0. The fourth-order valence-corrected chi connectivity index (χ4v) is 6.01. The van der Waals surface area contributed by atoms with Gasteiger partial charge in [-0.1, -0.05) is 36.4 Å². The summed E-state index contributed by atoms with van der Waals surface area (Å²) in [7, 11) is 1.56. The molecule has 2 saturated heterocycles. The van der Waals surface area contributed by atoms with Gasteiger partial charge in [0.15, 0.2) is 11.5 Å². The summed E-state index contributed by atoms with van der Waals surface area (Å²) in [6, 6.07) is 18.2. The molecule has 3 aromatic carbocycles. The number of anilines is 1. The number of phenolic OH excluding ortho intramolecular Hbond substituents is 2. The van der Waals surface area contributed by atoms with Crippen LogP contribution in [0.5, 0.6) is 17.2 Å². The molecule has 9 heteroatoms. The molecule has 4 N–H and O–H groups in total. The topological polar surface area (TPSA) is 128 Å². The maximum atomic E-state index is 13.9. The third-order valence-electron chi connectivity index (χ3n) is 7.71. The quantitative estimate of drug-likeness (QED) is 0.313. The number of nitrogens with zero attached hydrogens (tertiary/aromatic N) is 1. The first-order valence-electron chi connectivity index (χ1n) is 12.0. The number of aromatic hydroxyl groups is 2. The number of fused-ring (bicyclic) bond motifs is 4. The first kappa shape index (κ1) is 23.1. The van der Waals surface area contributed by atoms with Crippen molar-refractivity contribution in [3.63, 3.8) is 0 Å². The lowest BCUT2D eigenvalue weighted by molar-refractivity contribution is -0.143. The van der Waals surface area contributed by atoms with E-state index in [1.807, 2.05) is 0 Å². The first-order valence-corrected chi connectivity index (χ1v) is 12.0. The fraction of sp³-hybridized carbons (Fsp3) is 0.250. The molecule has 188 valence electrons. The molecule has 2 fully saturated rings. The van der Waals surface area contributed by atoms with Crippen molar-refractivity contribution >= 4 is 23.4 Å². The summed E-state index contributed by atoms with van der Waals surface area (Å²) in [5.41, 5.74) is 1.27. The zero-order valence-corrected chi connectivity index (χ0v) is 20.0. The summed E-state index contributed by atoms with van der Waals surface area (Å²) in [6.07, 6.45) is 0.265. The number of benzene rings is 3. The Hall–Kier alpha value is -4.37. The van der Waals surface area contributed by atoms with Crippen LogP contribution < -0.4 is 15.4 Å². The lowest BCUT2D eigenvalue weighted by atomic mass is 9.76. The SMILES string of the molecule is COc1ccc(CN2C(=O)[C@@H]3[C@@H](C2=O)[C@]2(N[C@@H]3Cc3ccc(O)c(O)c3)C(=O)Nc3ccccc32)cc1. The van der Waals surface area contributed by atoms with E-state index in [1.165, 1.54) is 17.0 Å². The van der Waals surface area contributed by atoms with Crippen LogP contribution in [0.3, 0.4) is 0 Å². The lowest BCUT2D eigenvalue weighted by Gasteiger charge is -2.29. The molecule has 3 aliphatic heterocycles. The van der Waals surface area contributed by atoms with E-state index < -0.39 is 29.3 Å². The molecule has 6 rings (SSSR count). The smallest absolute Gasteiger partial charge is 0.250 e. The number of hydrogen-bond acceptors (Lipinski definition) is 7. The van der Waals surface area contributed by atoms with Gasteiger partial charge in [0.25, 0.3) is 0 Å². The molecule has 3 aromatic rings. The molecule has 4 atom stereocenters. The minimum Gasteiger partial charge on any atom is -0.504 e. The molecule has 0 aliphatic carbocycles. The van der Waals surface area contributed by atoms with Gasteiger partial charge in [0.05, 0.1) is 25.5 Å². The van der Waals surface area contributed by atoms with E-state index in [0.717, 1.165) is 5.56 Å². The van der Waals surface area contributed by atoms with Crippen LogP contribution in [-0.2, 0) is 32.9 Å². The van der Waals surface area contributed by atoms with E-state index in [2.05, 4.69) is 10.6 Å². The molecule has 1 spiro atoms. The van der Waals surface area contributed by atoms with Crippen molar-refractivity contribution in [2.75, 3.05) is 12.4 Å². The molecular formula is C28H25N3O6. The van der Waals surface area contributed by atoms with Crippen LogP contribution in [0.25, 0.3) is 0 Å². The number of rotatable bonds is 5. The van der Waals surface area contributed by atoms with Crippen LogP contribution in [0.2, 0.25) is 0 Å². The number of amides is 3. The van der Waals surface area contributed by atoms with Crippen LogP contribution in [0, 0.1) is 11.8 Å². The predicted octanol–water partition coefficient (Wildman–Crippen LogP) is 2.27. The van der Waals surface area contributed by atoms with Gasteiger partial charge in [-0.2, -0.15) is 0 Å². The maximum Gasteiger partial charge on any atom is 0.250 e. The summed E-state index contributed by atoms with van der Waals surface area (Å²) in [5.74, 6) is -2.70. The highest BCUT2D eigenvalue weighted by Gasteiger charge is 2.70. The molecule has 9 nitrogen and oxygen atoms in total. The summed E-state index contributed by atoms with van der Waals surface area (Å²) in [4.78, 5) is 42.5. The third kappa shape index (κ3) is 3.38. The Balaban J connectivity index is 1.41. The van der Waals surface area contributed by atoms with E-state index in [0.29, 0.717) is 22.6 Å². The van der Waals surface area contributed by atoms with Crippen LogP contribution in [0.15, 0.2) is 66.7 Å². The van der Waals surface area contributed by atoms with Crippen molar-refractivity contribution < 1.29 is 29.3 Å². The minimum absolute atomic E-state index is 0.0841. The second-order valence-electron chi connectivity index (χ2n) is 9.70. The number of carbonyl (C=O) groups is 3. The van der Waals surface area contributed by atoms with Crippen molar-refractivity contribution in [1.82, 2.24) is 10.2 Å². The molecule has 3 aliphatic rings. The number of likely N-dealkylation sites (tertiary alicyclic amines) is 1. The third-order valence-corrected chi connectivity index (χ3v) is 7.71. The normalized spacial score (nSPS) is 25.9. The fourth-order valence-electron chi connectivity index (χ4n) is 6.01. The number of ether oxygens (including phenoxy) is 1. The average molecular weight is 500 g/mol. The number of methoxy groups -OCH3 is 1. The van der Waals surface area contributed by atoms with Crippen molar-refractivity contribution in [1.29, 1.82) is 0 Å². The number of imide groups is 1. The molecule has 0 bridgehead atoms. The molecule has 0 unspecified atom stereocenters. The van der Waals surface area contributed by atoms with Crippen molar-refractivity contribution in [3.05, 3.63) is 83.4 Å². The summed E-state index contributed by atoms with van der Waals surface area (Å²) in [6.45, 7) is 0.0841. The second kappa shape index (κ2) is 8.35. The number of para-hydroxylation sites is 1. The van der Waals surface area contributed by atoms with Crippen molar-refractivity contribution in [2.24, 2.45) is 11.8 Å². The Morgan fingerprint density at radius 2 is 1.65 bits per heavy atom. The molecular weight excluding hydrogens is 474 g/mol. The summed E-state index contributed by atoms with van der Waals surface area (Å²) in [5, 5.41) is 26.0. The Labute approximate surface area is 212 Å². The molecule has 3 heterocycles. The van der Waals surface area contributed by atoms with E-state index in [1.54, 1.807) is 61.7 Å². The van der Waals surface area contributed by atoms with Gasteiger partial charge in [0.1, 0.15) is 11.3 Å². The minimum atomic E-state index is -1.40. The van der Waals surface area contributed by atoms with Gasteiger partial charge < -0.3 is 20.3 Å². The highest BCUT2D eigenvalue weighted by Crippen LogP contribution is 2.53. The standard InChI is InChI=1S/C28H25N3O6/c1-37-17-9-6-15(7-10-17)14-31-25(34)23-20(12-16-8-11-21(32)22(33)13-16)30-28(24(23)26(31)35)18-4-2-3-5-19(18)29-27(28)36/h2-11,13,20,23-24,30,32-33H,12,14H2,1H3,(H,29,36)/t20-,23+,24+,28+/m1/s1. The zero-order valence-electron chi connectivity index (χ0n) is 20.0. The van der Waals surface area contributed by atoms with Gasteiger partial charge in [0.2, 0.25) is 17.7 Å². The highest BCUT2D eigenvalue weighted by atomic mass is 16.5. The predicted molar refractivity (Wildman–Crippen MR) is 133 cm³/mol. The first-order chi connectivity index (χ1) is 17.8. The van der Waals surface area contributed by atoms with Crippen LogP contribution in [0.1, 0.15) is 16.7 Å². The van der Waals surface area contributed by atoms with Gasteiger partial charge in [-0.05, 0) is 47.9 Å². The van der Waals surface area contributed by atoms with E-state index in [-0.39, 0.29) is 36.3 Å². The second-order valence-corrected chi connectivity index (χ2v) is 9.70. The molecule has 0 radical (unpaired) electrons. The Bertz CT molecular complexity index is 1440. The van der Waals surface area contributed by atoms with Gasteiger partial charge in [-0.25, -0.2) is 0 Å². The van der Waals surface area contributed by atoms with Crippen molar-refractivity contribution in [3.8, 4) is 17.2 Å². The van der Waals surface area contributed by atoms with E-state index >= 15 is 0 Å². The molecule has 0 saturated carbocycles.